The lowest BCUT2D eigenvalue weighted by Gasteiger charge is -2.05. The van der Waals surface area contributed by atoms with Crippen LogP contribution in [-0.4, -0.2) is 19.5 Å². The van der Waals surface area contributed by atoms with E-state index in [1.54, 1.807) is 0 Å². The summed E-state index contributed by atoms with van der Waals surface area (Å²) in [5, 5.41) is 4.15. The second-order valence-corrected chi connectivity index (χ2v) is 5.01. The zero-order valence-electron chi connectivity index (χ0n) is 6.61. The maximum absolute atomic E-state index is 11.4. The summed E-state index contributed by atoms with van der Waals surface area (Å²) in [5.74, 6) is 0.352. The zero-order chi connectivity index (χ0) is 9.03. The quantitative estimate of drug-likeness (QED) is 0.779. The first kappa shape index (κ1) is 9.40. The standard InChI is InChI=1S/C5H10N4OS2/c1-2-3-12(6,10)8-5-4-7-9-11-5/h4H,2-3H2,1H3,(H2,6,8,10). The second kappa shape index (κ2) is 3.81. The molecule has 1 heterocycles. The Bertz CT molecular complexity index is 317. The first-order chi connectivity index (χ1) is 5.64. The van der Waals surface area contributed by atoms with Gasteiger partial charge in [-0.2, -0.15) is 0 Å². The summed E-state index contributed by atoms with van der Waals surface area (Å²) in [6.45, 7) is 1.89. The van der Waals surface area contributed by atoms with Gasteiger partial charge in [-0.05, 0) is 6.42 Å². The highest BCUT2D eigenvalue weighted by molar-refractivity contribution is 7.93. The Morgan fingerprint density at radius 1 is 1.83 bits per heavy atom. The normalized spacial score (nSPS) is 15.4. The van der Waals surface area contributed by atoms with Crippen LogP contribution < -0.4 is 4.72 Å². The summed E-state index contributed by atoms with van der Waals surface area (Å²) < 4.78 is 24.9. The summed E-state index contributed by atoms with van der Waals surface area (Å²) in [5.41, 5.74) is 0. The molecule has 2 N–H and O–H groups in total. The van der Waals surface area contributed by atoms with Crippen LogP contribution in [0.15, 0.2) is 6.20 Å². The van der Waals surface area contributed by atoms with Gasteiger partial charge in [-0.3, -0.25) is 4.72 Å². The van der Waals surface area contributed by atoms with Crippen molar-refractivity contribution in [2.24, 2.45) is 0 Å². The van der Waals surface area contributed by atoms with E-state index in [0.29, 0.717) is 10.8 Å². The van der Waals surface area contributed by atoms with Crippen molar-refractivity contribution >= 4 is 26.4 Å². The molecule has 1 rings (SSSR count). The smallest absolute Gasteiger partial charge is 0.142 e. The van der Waals surface area contributed by atoms with Crippen molar-refractivity contribution in [1.82, 2.24) is 9.59 Å². The molecule has 0 aliphatic carbocycles. The molecule has 68 valence electrons. The number of hydrogen-bond donors (Lipinski definition) is 2. The number of aromatic nitrogens is 2. The molecular formula is C5H10N4OS2. The molecule has 7 heteroatoms. The maximum Gasteiger partial charge on any atom is 0.142 e. The second-order valence-electron chi connectivity index (χ2n) is 2.26. The molecule has 0 aromatic carbocycles. The molecular weight excluding hydrogens is 196 g/mol. The van der Waals surface area contributed by atoms with E-state index in [1.165, 1.54) is 6.20 Å². The Labute approximate surface area is 75.5 Å². The van der Waals surface area contributed by atoms with Crippen molar-refractivity contribution in [3.8, 4) is 0 Å². The predicted molar refractivity (Wildman–Crippen MR) is 49.6 cm³/mol. The molecule has 1 unspecified atom stereocenters. The summed E-state index contributed by atoms with van der Waals surface area (Å²) >= 11 is 1.10. The van der Waals surface area contributed by atoms with Gasteiger partial charge in [0.25, 0.3) is 0 Å². The first-order valence-corrected chi connectivity index (χ1v) is 5.95. The number of rotatable bonds is 4. The molecule has 1 aromatic rings. The third-order valence-electron chi connectivity index (χ3n) is 1.12. The summed E-state index contributed by atoms with van der Waals surface area (Å²) in [6.07, 6.45) is 2.19. The molecule has 0 aliphatic heterocycles. The highest BCUT2D eigenvalue weighted by Gasteiger charge is 2.05. The molecule has 0 amide bonds. The van der Waals surface area contributed by atoms with E-state index in [9.17, 15) is 4.21 Å². The van der Waals surface area contributed by atoms with Crippen LogP contribution in [0.1, 0.15) is 13.3 Å². The molecule has 0 fully saturated rings. The number of hydrogen-bond acceptors (Lipinski definition) is 5. The van der Waals surface area contributed by atoms with Gasteiger partial charge in [0.2, 0.25) is 0 Å². The third-order valence-corrected chi connectivity index (χ3v) is 3.36. The Morgan fingerprint density at radius 3 is 3.08 bits per heavy atom. The molecule has 0 radical (unpaired) electrons. The Hall–Kier alpha value is -0.690. The third kappa shape index (κ3) is 2.74. The van der Waals surface area contributed by atoms with Gasteiger partial charge in [-0.1, -0.05) is 11.4 Å². The van der Waals surface area contributed by atoms with Gasteiger partial charge in [0.1, 0.15) is 14.9 Å². The largest absolute Gasteiger partial charge is 0.288 e. The van der Waals surface area contributed by atoms with E-state index < -0.39 is 9.92 Å². The lowest BCUT2D eigenvalue weighted by molar-refractivity contribution is 0.677. The fraction of sp³-hybridized carbons (Fsp3) is 0.600. The van der Waals surface area contributed by atoms with E-state index in [1.807, 2.05) is 6.92 Å². The van der Waals surface area contributed by atoms with Gasteiger partial charge in [0.15, 0.2) is 0 Å². The average molecular weight is 206 g/mol. The monoisotopic (exact) mass is 206 g/mol. The molecule has 0 aliphatic rings. The van der Waals surface area contributed by atoms with Crippen LogP contribution in [0.2, 0.25) is 0 Å². The van der Waals surface area contributed by atoms with Gasteiger partial charge >= 0.3 is 0 Å². The van der Waals surface area contributed by atoms with Crippen molar-refractivity contribution in [3.63, 3.8) is 0 Å². The highest BCUT2D eigenvalue weighted by Crippen LogP contribution is 2.12. The molecule has 0 spiro atoms. The fourth-order valence-electron chi connectivity index (χ4n) is 0.713. The zero-order valence-corrected chi connectivity index (χ0v) is 8.24. The van der Waals surface area contributed by atoms with Crippen LogP contribution in [0, 0.1) is 4.78 Å². The predicted octanol–water partition coefficient (Wildman–Crippen LogP) is 1.32. The van der Waals surface area contributed by atoms with Crippen molar-refractivity contribution in [2.75, 3.05) is 10.5 Å². The van der Waals surface area contributed by atoms with Gasteiger partial charge in [0.05, 0.1) is 6.20 Å². The van der Waals surface area contributed by atoms with Crippen LogP contribution in [0.25, 0.3) is 0 Å². The number of nitrogens with zero attached hydrogens (tertiary/aromatic N) is 2. The number of anilines is 1. The Balaban J connectivity index is 2.63. The average Bonchev–Trinajstić information content (AvgIpc) is 2.38. The molecule has 0 bridgehead atoms. The molecule has 0 saturated carbocycles. The van der Waals surface area contributed by atoms with Crippen molar-refractivity contribution < 1.29 is 4.21 Å². The van der Waals surface area contributed by atoms with E-state index >= 15 is 0 Å². The van der Waals surface area contributed by atoms with Gasteiger partial charge in [-0.15, -0.1) is 5.10 Å². The maximum atomic E-state index is 11.4. The van der Waals surface area contributed by atoms with Gasteiger partial charge in [-0.25, -0.2) is 8.99 Å². The van der Waals surface area contributed by atoms with Crippen LogP contribution >= 0.6 is 11.5 Å². The summed E-state index contributed by atoms with van der Waals surface area (Å²) in [6, 6.07) is 0. The van der Waals surface area contributed by atoms with Crippen molar-refractivity contribution in [1.29, 1.82) is 4.78 Å². The molecule has 5 nitrogen and oxygen atoms in total. The molecule has 0 saturated heterocycles. The summed E-state index contributed by atoms with van der Waals surface area (Å²) in [4.78, 5) is 0. The first-order valence-electron chi connectivity index (χ1n) is 3.45. The summed E-state index contributed by atoms with van der Waals surface area (Å²) in [7, 11) is -2.67. The lowest BCUT2D eigenvalue weighted by atomic mass is 10.6. The van der Waals surface area contributed by atoms with Gasteiger partial charge in [0, 0.05) is 17.3 Å². The lowest BCUT2D eigenvalue weighted by Crippen LogP contribution is -2.13. The van der Waals surface area contributed by atoms with Crippen molar-refractivity contribution in [3.05, 3.63) is 6.20 Å². The van der Waals surface area contributed by atoms with E-state index in [4.69, 9.17) is 4.78 Å². The molecule has 1 aromatic heterocycles. The van der Waals surface area contributed by atoms with Crippen LogP contribution in [0.3, 0.4) is 0 Å². The Morgan fingerprint density at radius 2 is 2.58 bits per heavy atom. The van der Waals surface area contributed by atoms with Crippen molar-refractivity contribution in [2.45, 2.75) is 13.3 Å². The van der Waals surface area contributed by atoms with E-state index in [-0.39, 0.29) is 0 Å². The molecule has 12 heavy (non-hydrogen) atoms. The minimum atomic E-state index is -2.67. The minimum absolute atomic E-state index is 0.352. The van der Waals surface area contributed by atoms with Crippen LogP contribution in [0.4, 0.5) is 5.00 Å². The Kier molecular flexibility index (Phi) is 2.99. The topological polar surface area (TPSA) is 78.7 Å². The van der Waals surface area contributed by atoms with E-state index in [2.05, 4.69) is 14.3 Å². The van der Waals surface area contributed by atoms with Crippen LogP contribution in [-0.2, 0) is 9.92 Å². The van der Waals surface area contributed by atoms with Crippen LogP contribution in [0.5, 0.6) is 0 Å². The molecule has 1 atom stereocenters. The van der Waals surface area contributed by atoms with E-state index in [0.717, 1.165) is 18.0 Å². The number of nitrogens with one attached hydrogen (secondary N) is 2. The van der Waals surface area contributed by atoms with Gasteiger partial charge < -0.3 is 0 Å². The SMILES string of the molecule is CCCS(=N)(=O)Nc1cnns1. The fourth-order valence-corrected chi connectivity index (χ4v) is 2.60. The minimum Gasteiger partial charge on any atom is -0.288 e. The highest BCUT2D eigenvalue weighted by atomic mass is 32.2.